The molecule has 0 radical (unpaired) electrons. The van der Waals surface area contributed by atoms with Crippen LogP contribution in [-0.2, 0) is 15.1 Å². The van der Waals surface area contributed by atoms with Crippen LogP contribution in [0, 0.1) is 5.82 Å². The number of ether oxygens (including phenoxy) is 1. The highest BCUT2D eigenvalue weighted by atomic mass is 19.1. The lowest BCUT2D eigenvalue weighted by molar-refractivity contribution is -0.119. The molecule has 22 heavy (non-hydrogen) atoms. The summed E-state index contributed by atoms with van der Waals surface area (Å²) >= 11 is 0. The Morgan fingerprint density at radius 1 is 1.23 bits per heavy atom. The number of benzene rings is 1. The van der Waals surface area contributed by atoms with E-state index in [0.29, 0.717) is 26.1 Å². The number of hydrogen-bond acceptors (Lipinski definition) is 4. The fourth-order valence-electron chi connectivity index (χ4n) is 2.54. The summed E-state index contributed by atoms with van der Waals surface area (Å²) in [6.45, 7) is 1.10. The molecular weight excluding hydrogens is 289 g/mol. The van der Waals surface area contributed by atoms with Gasteiger partial charge in [-0.05, 0) is 30.5 Å². The van der Waals surface area contributed by atoms with E-state index in [2.05, 4.69) is 16.0 Å². The topological polar surface area (TPSA) is 79.5 Å². The highest BCUT2D eigenvalue weighted by Crippen LogP contribution is 2.32. The first-order valence-corrected chi connectivity index (χ1v) is 7.16. The molecule has 1 aromatic rings. The van der Waals surface area contributed by atoms with Crippen molar-refractivity contribution in [2.75, 3.05) is 26.8 Å². The van der Waals surface area contributed by atoms with Crippen LogP contribution in [0.1, 0.15) is 18.4 Å². The predicted molar refractivity (Wildman–Crippen MR) is 78.7 cm³/mol. The van der Waals surface area contributed by atoms with Crippen molar-refractivity contribution in [3.8, 4) is 0 Å². The van der Waals surface area contributed by atoms with Gasteiger partial charge in [0.1, 0.15) is 5.82 Å². The molecule has 6 nitrogen and oxygen atoms in total. The lowest BCUT2D eigenvalue weighted by atomic mass is 9.82. The molecule has 1 aliphatic rings. The molecule has 0 bridgehead atoms. The largest absolute Gasteiger partial charge is 0.381 e. The van der Waals surface area contributed by atoms with Gasteiger partial charge in [-0.3, -0.25) is 15.4 Å². The van der Waals surface area contributed by atoms with Gasteiger partial charge in [0, 0.05) is 25.8 Å². The van der Waals surface area contributed by atoms with Crippen molar-refractivity contribution >= 4 is 11.9 Å². The standard InChI is InChI=1S/C15H20FN3O3/c1-17-14(21)19-13(20)10-18-15(6-8-22-9-7-15)11-2-4-12(16)5-3-11/h2-5,18H,6-10H2,1H3,(H2,17,19,20,21). The Hall–Kier alpha value is -1.99. The number of urea groups is 1. The maximum atomic E-state index is 13.1. The lowest BCUT2D eigenvalue weighted by Crippen LogP contribution is -2.51. The second-order valence-corrected chi connectivity index (χ2v) is 5.18. The summed E-state index contributed by atoms with van der Waals surface area (Å²) in [5.74, 6) is -0.726. The van der Waals surface area contributed by atoms with Crippen molar-refractivity contribution in [2.24, 2.45) is 0 Å². The summed E-state index contributed by atoms with van der Waals surface area (Å²) in [6, 6.07) is 5.68. The third kappa shape index (κ3) is 4.02. The molecule has 2 rings (SSSR count). The molecule has 1 fully saturated rings. The number of imide groups is 1. The molecular formula is C15H20FN3O3. The number of halogens is 1. The molecule has 0 spiro atoms. The van der Waals surface area contributed by atoms with Crippen molar-refractivity contribution in [1.82, 2.24) is 16.0 Å². The van der Waals surface area contributed by atoms with Gasteiger partial charge in [-0.25, -0.2) is 9.18 Å². The summed E-state index contributed by atoms with van der Waals surface area (Å²) in [5, 5.41) is 7.73. The van der Waals surface area contributed by atoms with Crippen molar-refractivity contribution in [1.29, 1.82) is 0 Å². The Labute approximate surface area is 128 Å². The maximum Gasteiger partial charge on any atom is 0.321 e. The van der Waals surface area contributed by atoms with E-state index in [1.165, 1.54) is 19.2 Å². The van der Waals surface area contributed by atoms with Gasteiger partial charge in [0.15, 0.2) is 0 Å². The number of nitrogens with one attached hydrogen (secondary N) is 3. The molecule has 3 N–H and O–H groups in total. The minimum atomic E-state index is -0.547. The summed E-state index contributed by atoms with van der Waals surface area (Å²) in [5.41, 5.74) is 0.455. The van der Waals surface area contributed by atoms with Gasteiger partial charge in [0.25, 0.3) is 0 Å². The van der Waals surface area contributed by atoms with Crippen molar-refractivity contribution in [2.45, 2.75) is 18.4 Å². The average Bonchev–Trinajstić information content (AvgIpc) is 2.54. The molecule has 0 saturated carbocycles. The number of amides is 3. The smallest absolute Gasteiger partial charge is 0.321 e. The van der Waals surface area contributed by atoms with Gasteiger partial charge in [-0.2, -0.15) is 0 Å². The Bertz CT molecular complexity index is 527. The maximum absolute atomic E-state index is 13.1. The Balaban J connectivity index is 2.07. The first kappa shape index (κ1) is 16.4. The molecule has 0 aromatic heterocycles. The summed E-state index contributed by atoms with van der Waals surface area (Å²) in [7, 11) is 1.44. The van der Waals surface area contributed by atoms with Gasteiger partial charge in [-0.15, -0.1) is 0 Å². The van der Waals surface area contributed by atoms with Crippen LogP contribution in [0.5, 0.6) is 0 Å². The SMILES string of the molecule is CNC(=O)NC(=O)CNC1(c2ccc(F)cc2)CCOCC1. The zero-order valence-corrected chi connectivity index (χ0v) is 12.4. The summed E-state index contributed by atoms with van der Waals surface area (Å²) < 4.78 is 18.5. The van der Waals surface area contributed by atoms with Crippen LogP contribution in [0.15, 0.2) is 24.3 Å². The molecule has 7 heteroatoms. The van der Waals surface area contributed by atoms with Crippen LogP contribution in [-0.4, -0.2) is 38.7 Å². The number of carbonyl (C=O) groups is 2. The van der Waals surface area contributed by atoms with Crippen molar-refractivity contribution in [3.05, 3.63) is 35.6 Å². The first-order chi connectivity index (χ1) is 10.6. The number of hydrogen-bond donors (Lipinski definition) is 3. The van der Waals surface area contributed by atoms with E-state index in [1.807, 2.05) is 0 Å². The van der Waals surface area contributed by atoms with E-state index < -0.39 is 17.5 Å². The van der Waals surface area contributed by atoms with Gasteiger partial charge in [0.2, 0.25) is 5.91 Å². The van der Waals surface area contributed by atoms with Gasteiger partial charge < -0.3 is 10.1 Å². The molecule has 0 aliphatic carbocycles. The predicted octanol–water partition coefficient (Wildman–Crippen LogP) is 0.877. The first-order valence-electron chi connectivity index (χ1n) is 7.16. The van der Waals surface area contributed by atoms with Crippen LogP contribution < -0.4 is 16.0 Å². The summed E-state index contributed by atoms with van der Waals surface area (Å²) in [4.78, 5) is 22.9. The zero-order valence-electron chi connectivity index (χ0n) is 12.4. The summed E-state index contributed by atoms with van der Waals surface area (Å²) in [6.07, 6.45) is 1.35. The monoisotopic (exact) mass is 309 g/mol. The van der Waals surface area contributed by atoms with E-state index in [1.54, 1.807) is 12.1 Å². The second-order valence-electron chi connectivity index (χ2n) is 5.18. The highest BCUT2D eigenvalue weighted by Gasteiger charge is 2.34. The molecule has 120 valence electrons. The lowest BCUT2D eigenvalue weighted by Gasteiger charge is -2.38. The van der Waals surface area contributed by atoms with Crippen molar-refractivity contribution in [3.63, 3.8) is 0 Å². The normalized spacial score (nSPS) is 16.8. The number of rotatable bonds is 4. The Kier molecular flexibility index (Phi) is 5.46. The number of carbonyl (C=O) groups excluding carboxylic acids is 2. The minimum Gasteiger partial charge on any atom is -0.381 e. The molecule has 1 aromatic carbocycles. The molecule has 1 saturated heterocycles. The van der Waals surface area contributed by atoms with Gasteiger partial charge in [-0.1, -0.05) is 12.1 Å². The zero-order chi connectivity index (χ0) is 16.0. The molecule has 0 unspecified atom stereocenters. The van der Waals surface area contributed by atoms with Crippen LogP contribution in [0.2, 0.25) is 0 Å². The van der Waals surface area contributed by atoms with E-state index in [4.69, 9.17) is 4.74 Å². The quantitative estimate of drug-likeness (QED) is 0.771. The fourth-order valence-corrected chi connectivity index (χ4v) is 2.54. The van der Waals surface area contributed by atoms with Crippen LogP contribution >= 0.6 is 0 Å². The third-order valence-electron chi connectivity index (χ3n) is 3.81. The molecule has 0 atom stereocenters. The average molecular weight is 309 g/mol. The third-order valence-corrected chi connectivity index (χ3v) is 3.81. The Morgan fingerprint density at radius 3 is 2.45 bits per heavy atom. The van der Waals surface area contributed by atoms with Gasteiger partial charge in [0.05, 0.1) is 6.54 Å². The van der Waals surface area contributed by atoms with Crippen LogP contribution in [0.4, 0.5) is 9.18 Å². The van der Waals surface area contributed by atoms with Crippen molar-refractivity contribution < 1.29 is 18.7 Å². The van der Waals surface area contributed by atoms with E-state index >= 15 is 0 Å². The van der Waals surface area contributed by atoms with E-state index in [-0.39, 0.29) is 12.4 Å². The molecule has 1 aliphatic heterocycles. The van der Waals surface area contributed by atoms with Crippen LogP contribution in [0.25, 0.3) is 0 Å². The van der Waals surface area contributed by atoms with E-state index in [0.717, 1.165) is 5.56 Å². The molecule has 1 heterocycles. The molecule has 3 amide bonds. The Morgan fingerprint density at radius 2 is 1.86 bits per heavy atom. The van der Waals surface area contributed by atoms with E-state index in [9.17, 15) is 14.0 Å². The minimum absolute atomic E-state index is 0.00913. The second kappa shape index (κ2) is 7.33. The van der Waals surface area contributed by atoms with Gasteiger partial charge >= 0.3 is 6.03 Å². The van der Waals surface area contributed by atoms with Crippen LogP contribution in [0.3, 0.4) is 0 Å². The highest BCUT2D eigenvalue weighted by molar-refractivity contribution is 5.95. The fraction of sp³-hybridized carbons (Fsp3) is 0.467.